The molecule has 1 fully saturated rings. The first-order valence-electron chi connectivity index (χ1n) is 9.42. The number of guanidine groups is 1. The molecule has 1 heterocycles. The monoisotopic (exact) mass is 365 g/mol. The summed E-state index contributed by atoms with van der Waals surface area (Å²) in [6.45, 7) is 7.64. The van der Waals surface area contributed by atoms with Gasteiger partial charge in [0.05, 0.1) is 12.7 Å². The summed E-state index contributed by atoms with van der Waals surface area (Å²) in [4.78, 5) is 4.23. The van der Waals surface area contributed by atoms with Crippen LogP contribution in [0.4, 0.5) is 4.39 Å². The number of rotatable bonds is 9. The maximum absolute atomic E-state index is 14.0. The number of aliphatic imine (C=N–C) groups is 1. The van der Waals surface area contributed by atoms with Crippen LogP contribution in [0.3, 0.4) is 0 Å². The van der Waals surface area contributed by atoms with Crippen molar-refractivity contribution in [2.75, 3.05) is 40.0 Å². The Morgan fingerprint density at radius 1 is 1.35 bits per heavy atom. The molecule has 0 amide bonds. The van der Waals surface area contributed by atoms with Crippen LogP contribution in [0, 0.1) is 5.82 Å². The Hall–Kier alpha value is -1.66. The van der Waals surface area contributed by atoms with Crippen LogP contribution in [0.2, 0.25) is 0 Å². The van der Waals surface area contributed by atoms with Crippen LogP contribution in [0.1, 0.15) is 38.7 Å². The van der Waals surface area contributed by atoms with Crippen LogP contribution in [-0.4, -0.2) is 52.0 Å². The van der Waals surface area contributed by atoms with E-state index in [0.717, 1.165) is 32.4 Å². The average Bonchev–Trinajstić information content (AvgIpc) is 3.14. The van der Waals surface area contributed by atoms with Crippen molar-refractivity contribution in [2.24, 2.45) is 4.99 Å². The fourth-order valence-electron chi connectivity index (χ4n) is 3.00. The molecule has 1 unspecified atom stereocenters. The first-order valence-corrected chi connectivity index (χ1v) is 9.42. The lowest BCUT2D eigenvalue weighted by atomic mass is 9.84. The lowest BCUT2D eigenvalue weighted by Crippen LogP contribution is -2.44. The van der Waals surface area contributed by atoms with E-state index < -0.39 is 0 Å². The van der Waals surface area contributed by atoms with Crippen molar-refractivity contribution in [1.82, 2.24) is 10.6 Å². The summed E-state index contributed by atoms with van der Waals surface area (Å²) in [6, 6.07) is 6.91. The van der Waals surface area contributed by atoms with E-state index in [1.54, 1.807) is 13.1 Å². The van der Waals surface area contributed by atoms with Gasteiger partial charge in [-0.05, 0) is 30.9 Å². The van der Waals surface area contributed by atoms with E-state index in [1.807, 2.05) is 26.0 Å². The standard InChI is InChI=1S/C20H32FN3O2/c1-20(2,17-9-4-5-10-18(17)21)15-24-19(22-3)23-11-7-12-25-14-16-8-6-13-26-16/h4-5,9-10,16H,6-8,11-15H2,1-3H3,(H2,22,23,24). The fraction of sp³-hybridized carbons (Fsp3) is 0.650. The van der Waals surface area contributed by atoms with Gasteiger partial charge in [0, 0.05) is 38.8 Å². The zero-order valence-electron chi connectivity index (χ0n) is 16.2. The van der Waals surface area contributed by atoms with Crippen molar-refractivity contribution in [3.63, 3.8) is 0 Å². The Kier molecular flexibility index (Phi) is 8.32. The number of ether oxygens (including phenoxy) is 2. The molecule has 0 spiro atoms. The summed E-state index contributed by atoms with van der Waals surface area (Å²) >= 11 is 0. The second-order valence-electron chi connectivity index (χ2n) is 7.28. The number of benzene rings is 1. The maximum Gasteiger partial charge on any atom is 0.191 e. The van der Waals surface area contributed by atoms with E-state index in [9.17, 15) is 4.39 Å². The fourth-order valence-corrected chi connectivity index (χ4v) is 3.00. The SMILES string of the molecule is CN=C(NCCCOCC1CCCO1)NCC(C)(C)c1ccccc1F. The largest absolute Gasteiger partial charge is 0.379 e. The van der Waals surface area contributed by atoms with Crippen molar-refractivity contribution in [1.29, 1.82) is 0 Å². The summed E-state index contributed by atoms with van der Waals surface area (Å²) in [5.41, 5.74) is 0.360. The minimum absolute atomic E-state index is 0.175. The zero-order chi connectivity index (χ0) is 18.8. The molecule has 2 rings (SSSR count). The second kappa shape index (κ2) is 10.5. The number of hydrogen-bond acceptors (Lipinski definition) is 3. The summed E-state index contributed by atoms with van der Waals surface area (Å²) < 4.78 is 25.2. The van der Waals surface area contributed by atoms with Gasteiger partial charge in [0.15, 0.2) is 5.96 Å². The minimum Gasteiger partial charge on any atom is -0.379 e. The van der Waals surface area contributed by atoms with Crippen molar-refractivity contribution in [3.8, 4) is 0 Å². The molecule has 0 bridgehead atoms. The first-order chi connectivity index (χ1) is 12.5. The molecule has 146 valence electrons. The van der Waals surface area contributed by atoms with Gasteiger partial charge in [0.2, 0.25) is 0 Å². The Labute approximate surface area is 156 Å². The number of halogens is 1. The van der Waals surface area contributed by atoms with E-state index in [1.165, 1.54) is 6.07 Å². The van der Waals surface area contributed by atoms with E-state index in [-0.39, 0.29) is 17.3 Å². The third kappa shape index (κ3) is 6.57. The van der Waals surface area contributed by atoms with Gasteiger partial charge in [0.1, 0.15) is 5.82 Å². The molecule has 0 radical (unpaired) electrons. The Balaban J connectivity index is 1.65. The summed E-state index contributed by atoms with van der Waals surface area (Å²) in [5, 5.41) is 6.55. The molecule has 1 aromatic rings. The lowest BCUT2D eigenvalue weighted by molar-refractivity contribution is 0.0168. The van der Waals surface area contributed by atoms with Crippen molar-refractivity contribution in [2.45, 2.75) is 44.6 Å². The van der Waals surface area contributed by atoms with Crippen LogP contribution in [0.25, 0.3) is 0 Å². The first kappa shape index (κ1) is 20.6. The Bertz CT molecular complexity index is 572. The van der Waals surface area contributed by atoms with Crippen LogP contribution >= 0.6 is 0 Å². The second-order valence-corrected chi connectivity index (χ2v) is 7.28. The quantitative estimate of drug-likeness (QED) is 0.401. The normalized spacial score (nSPS) is 18.2. The highest BCUT2D eigenvalue weighted by Gasteiger charge is 2.24. The van der Waals surface area contributed by atoms with Gasteiger partial charge in [0.25, 0.3) is 0 Å². The Morgan fingerprint density at radius 2 is 2.15 bits per heavy atom. The third-order valence-corrected chi connectivity index (χ3v) is 4.61. The van der Waals surface area contributed by atoms with Crippen LogP contribution in [-0.2, 0) is 14.9 Å². The zero-order valence-corrected chi connectivity index (χ0v) is 16.2. The minimum atomic E-state index is -0.340. The molecule has 1 aliphatic rings. The van der Waals surface area contributed by atoms with E-state index in [2.05, 4.69) is 15.6 Å². The highest BCUT2D eigenvalue weighted by Crippen LogP contribution is 2.24. The van der Waals surface area contributed by atoms with E-state index in [0.29, 0.717) is 31.3 Å². The highest BCUT2D eigenvalue weighted by atomic mass is 19.1. The summed E-state index contributed by atoms with van der Waals surface area (Å²) in [7, 11) is 1.74. The maximum atomic E-state index is 14.0. The van der Waals surface area contributed by atoms with Gasteiger partial charge in [-0.2, -0.15) is 0 Å². The van der Waals surface area contributed by atoms with Crippen molar-refractivity contribution < 1.29 is 13.9 Å². The molecule has 0 aromatic heterocycles. The molecule has 1 aromatic carbocycles. The lowest BCUT2D eigenvalue weighted by Gasteiger charge is -2.27. The van der Waals surface area contributed by atoms with Crippen LogP contribution < -0.4 is 10.6 Å². The van der Waals surface area contributed by atoms with Gasteiger partial charge in [-0.15, -0.1) is 0 Å². The van der Waals surface area contributed by atoms with Crippen molar-refractivity contribution in [3.05, 3.63) is 35.6 Å². The molecule has 1 aliphatic heterocycles. The molecular formula is C20H32FN3O2. The molecule has 1 saturated heterocycles. The van der Waals surface area contributed by atoms with E-state index >= 15 is 0 Å². The Morgan fingerprint density at radius 3 is 2.85 bits per heavy atom. The molecule has 2 N–H and O–H groups in total. The predicted molar refractivity (Wildman–Crippen MR) is 103 cm³/mol. The van der Waals surface area contributed by atoms with Gasteiger partial charge in [-0.3, -0.25) is 4.99 Å². The molecule has 0 aliphatic carbocycles. The molecule has 26 heavy (non-hydrogen) atoms. The molecular weight excluding hydrogens is 333 g/mol. The average molecular weight is 365 g/mol. The van der Waals surface area contributed by atoms with Gasteiger partial charge < -0.3 is 20.1 Å². The van der Waals surface area contributed by atoms with Crippen LogP contribution in [0.5, 0.6) is 0 Å². The number of hydrogen-bond donors (Lipinski definition) is 2. The molecule has 0 saturated carbocycles. The van der Waals surface area contributed by atoms with Crippen LogP contribution in [0.15, 0.2) is 29.3 Å². The van der Waals surface area contributed by atoms with E-state index in [4.69, 9.17) is 9.47 Å². The highest BCUT2D eigenvalue weighted by molar-refractivity contribution is 5.79. The summed E-state index contributed by atoms with van der Waals surface area (Å²) in [6.07, 6.45) is 3.41. The van der Waals surface area contributed by atoms with Gasteiger partial charge in [-0.1, -0.05) is 32.0 Å². The molecule has 5 nitrogen and oxygen atoms in total. The summed E-state index contributed by atoms with van der Waals surface area (Å²) in [5.74, 6) is 0.541. The topological polar surface area (TPSA) is 54.9 Å². The van der Waals surface area contributed by atoms with Crippen molar-refractivity contribution >= 4 is 5.96 Å². The number of nitrogens with zero attached hydrogens (tertiary/aromatic N) is 1. The molecule has 1 atom stereocenters. The number of nitrogens with one attached hydrogen (secondary N) is 2. The smallest absolute Gasteiger partial charge is 0.191 e. The predicted octanol–water partition coefficient (Wildman–Crippen LogP) is 2.85. The molecule has 6 heteroatoms. The third-order valence-electron chi connectivity index (χ3n) is 4.61. The van der Waals surface area contributed by atoms with Gasteiger partial charge in [-0.25, -0.2) is 4.39 Å². The van der Waals surface area contributed by atoms with Gasteiger partial charge >= 0.3 is 0 Å².